The molecule has 0 aliphatic heterocycles. The van der Waals surface area contributed by atoms with Crippen LogP contribution >= 0.6 is 11.6 Å². The van der Waals surface area contributed by atoms with Crippen molar-refractivity contribution in [3.05, 3.63) is 63.6 Å². The summed E-state index contributed by atoms with van der Waals surface area (Å²) in [6, 6.07) is 12.4. The van der Waals surface area contributed by atoms with Gasteiger partial charge in [0.2, 0.25) is 5.91 Å². The summed E-state index contributed by atoms with van der Waals surface area (Å²) in [5.41, 5.74) is 2.49. The maximum absolute atomic E-state index is 12.2. The number of nitrogens with one attached hydrogen (secondary N) is 1. The van der Waals surface area contributed by atoms with Crippen molar-refractivity contribution in [3.8, 4) is 0 Å². The van der Waals surface area contributed by atoms with E-state index in [1.807, 2.05) is 32.0 Å². The van der Waals surface area contributed by atoms with Gasteiger partial charge in [-0.3, -0.25) is 9.36 Å². The van der Waals surface area contributed by atoms with Crippen molar-refractivity contribution in [3.63, 3.8) is 0 Å². The number of hydrogen-bond acceptors (Lipinski definition) is 3. The van der Waals surface area contributed by atoms with E-state index >= 15 is 0 Å². The number of hydrogen-bond donors (Lipinski definition) is 1. The van der Waals surface area contributed by atoms with Crippen molar-refractivity contribution in [1.29, 1.82) is 0 Å². The number of benzene rings is 2. The van der Waals surface area contributed by atoms with Crippen LogP contribution in [-0.2, 0) is 11.2 Å². The SMILES string of the molecule is CC(C)n1c(=O)oc2cc(NC(=O)Cc3ccccc3Cl)ccc21. The summed E-state index contributed by atoms with van der Waals surface area (Å²) in [6.45, 7) is 3.82. The van der Waals surface area contributed by atoms with Gasteiger partial charge >= 0.3 is 5.76 Å². The Hall–Kier alpha value is -2.53. The van der Waals surface area contributed by atoms with Crippen molar-refractivity contribution < 1.29 is 9.21 Å². The Labute approximate surface area is 143 Å². The number of fused-ring (bicyclic) bond motifs is 1. The second kappa shape index (κ2) is 6.53. The third kappa shape index (κ3) is 3.21. The third-order valence-electron chi connectivity index (χ3n) is 3.72. The van der Waals surface area contributed by atoms with E-state index in [4.69, 9.17) is 16.0 Å². The van der Waals surface area contributed by atoms with Gasteiger partial charge in [-0.25, -0.2) is 4.79 Å². The molecule has 0 bridgehead atoms. The number of carbonyl (C=O) groups excluding carboxylic acids is 1. The number of anilines is 1. The first-order valence-electron chi connectivity index (χ1n) is 7.64. The standard InChI is InChI=1S/C18H17ClN2O3/c1-11(2)21-15-8-7-13(10-16(15)24-18(21)23)20-17(22)9-12-5-3-4-6-14(12)19/h3-8,10-11H,9H2,1-2H3,(H,20,22). The summed E-state index contributed by atoms with van der Waals surface area (Å²) in [6.07, 6.45) is 0.175. The van der Waals surface area contributed by atoms with Gasteiger partial charge in [-0.15, -0.1) is 0 Å². The van der Waals surface area contributed by atoms with Gasteiger partial charge in [0.25, 0.3) is 0 Å². The molecule has 3 rings (SSSR count). The highest BCUT2D eigenvalue weighted by Crippen LogP contribution is 2.21. The van der Waals surface area contributed by atoms with Crippen molar-refractivity contribution in [2.45, 2.75) is 26.3 Å². The van der Waals surface area contributed by atoms with Crippen molar-refractivity contribution in [2.75, 3.05) is 5.32 Å². The average molecular weight is 345 g/mol. The predicted molar refractivity (Wildman–Crippen MR) is 94.6 cm³/mol. The summed E-state index contributed by atoms with van der Waals surface area (Å²) in [4.78, 5) is 24.1. The Balaban J connectivity index is 1.82. The monoisotopic (exact) mass is 344 g/mol. The lowest BCUT2D eigenvalue weighted by Gasteiger charge is -2.08. The minimum Gasteiger partial charge on any atom is -0.408 e. The molecule has 3 aromatic rings. The minimum absolute atomic E-state index is 0.000543. The van der Waals surface area contributed by atoms with E-state index in [1.165, 1.54) is 0 Å². The number of nitrogens with zero attached hydrogens (tertiary/aromatic N) is 1. The first kappa shape index (κ1) is 16.3. The second-order valence-electron chi connectivity index (χ2n) is 5.83. The molecule has 0 saturated heterocycles. The highest BCUT2D eigenvalue weighted by Gasteiger charge is 2.13. The Morgan fingerprint density at radius 3 is 2.71 bits per heavy atom. The molecule has 2 aromatic carbocycles. The van der Waals surface area contributed by atoms with E-state index in [2.05, 4.69) is 5.32 Å². The van der Waals surface area contributed by atoms with Gasteiger partial charge in [0.15, 0.2) is 5.58 Å². The molecule has 24 heavy (non-hydrogen) atoms. The molecule has 1 heterocycles. The number of oxazole rings is 1. The molecule has 0 aliphatic rings. The van der Waals surface area contributed by atoms with E-state index in [0.29, 0.717) is 21.8 Å². The summed E-state index contributed by atoms with van der Waals surface area (Å²) in [7, 11) is 0. The Bertz CT molecular complexity index is 956. The van der Waals surface area contributed by atoms with E-state index < -0.39 is 5.76 Å². The van der Waals surface area contributed by atoms with Crippen LogP contribution in [0.2, 0.25) is 5.02 Å². The largest absolute Gasteiger partial charge is 0.420 e. The summed E-state index contributed by atoms with van der Waals surface area (Å²) >= 11 is 6.07. The lowest BCUT2D eigenvalue weighted by molar-refractivity contribution is -0.115. The summed E-state index contributed by atoms with van der Waals surface area (Å²) in [5, 5.41) is 3.36. The molecular formula is C18H17ClN2O3. The first-order chi connectivity index (χ1) is 11.5. The Morgan fingerprint density at radius 1 is 1.25 bits per heavy atom. The zero-order valence-corrected chi connectivity index (χ0v) is 14.1. The van der Waals surface area contributed by atoms with Crippen LogP contribution in [0.25, 0.3) is 11.1 Å². The summed E-state index contributed by atoms with van der Waals surface area (Å²) < 4.78 is 6.83. The molecule has 1 aromatic heterocycles. The molecule has 1 amide bonds. The van der Waals surface area contributed by atoms with Crippen LogP contribution in [0.5, 0.6) is 0 Å². The Kier molecular flexibility index (Phi) is 4.44. The number of halogens is 1. The van der Waals surface area contributed by atoms with Crippen molar-refractivity contribution in [2.24, 2.45) is 0 Å². The van der Waals surface area contributed by atoms with Gasteiger partial charge in [-0.1, -0.05) is 29.8 Å². The molecule has 5 nitrogen and oxygen atoms in total. The lowest BCUT2D eigenvalue weighted by atomic mass is 10.1. The van der Waals surface area contributed by atoms with Gasteiger partial charge in [0.05, 0.1) is 11.9 Å². The minimum atomic E-state index is -0.403. The molecule has 0 aliphatic carbocycles. The van der Waals surface area contributed by atoms with Gasteiger partial charge < -0.3 is 9.73 Å². The highest BCUT2D eigenvalue weighted by atomic mass is 35.5. The van der Waals surface area contributed by atoms with E-state index in [0.717, 1.165) is 5.56 Å². The zero-order valence-electron chi connectivity index (χ0n) is 13.4. The number of carbonyl (C=O) groups is 1. The third-order valence-corrected chi connectivity index (χ3v) is 4.09. The molecule has 0 unspecified atom stereocenters. The van der Waals surface area contributed by atoms with Gasteiger partial charge in [-0.05, 0) is 37.6 Å². The van der Waals surface area contributed by atoms with E-state index in [-0.39, 0.29) is 18.4 Å². The molecule has 1 N–H and O–H groups in total. The second-order valence-corrected chi connectivity index (χ2v) is 6.24. The molecule has 124 valence electrons. The normalized spacial score (nSPS) is 11.2. The van der Waals surface area contributed by atoms with Crippen LogP contribution in [0.4, 0.5) is 5.69 Å². The van der Waals surface area contributed by atoms with Crippen LogP contribution in [0.3, 0.4) is 0 Å². The maximum atomic E-state index is 12.2. The van der Waals surface area contributed by atoms with E-state index in [1.54, 1.807) is 28.8 Å². The molecule has 0 fully saturated rings. The van der Waals surface area contributed by atoms with Gasteiger partial charge in [0, 0.05) is 22.8 Å². The molecule has 0 atom stereocenters. The maximum Gasteiger partial charge on any atom is 0.420 e. The molecule has 0 spiro atoms. The number of rotatable bonds is 4. The van der Waals surface area contributed by atoms with Crippen LogP contribution < -0.4 is 11.1 Å². The predicted octanol–water partition coefficient (Wildman–Crippen LogP) is 4.01. The van der Waals surface area contributed by atoms with Crippen LogP contribution in [0.1, 0.15) is 25.5 Å². The fraction of sp³-hybridized carbons (Fsp3) is 0.222. The highest BCUT2D eigenvalue weighted by molar-refractivity contribution is 6.31. The first-order valence-corrected chi connectivity index (χ1v) is 8.02. The summed E-state index contributed by atoms with van der Waals surface area (Å²) in [5.74, 6) is -0.590. The number of amides is 1. The van der Waals surface area contributed by atoms with Gasteiger partial charge in [-0.2, -0.15) is 0 Å². The lowest BCUT2D eigenvalue weighted by Crippen LogP contribution is -2.16. The van der Waals surface area contributed by atoms with Crippen molar-refractivity contribution >= 4 is 34.3 Å². The van der Waals surface area contributed by atoms with Gasteiger partial charge in [0.1, 0.15) is 0 Å². The molecular weight excluding hydrogens is 328 g/mol. The molecule has 0 radical (unpaired) electrons. The fourth-order valence-electron chi connectivity index (χ4n) is 2.62. The zero-order chi connectivity index (χ0) is 17.3. The molecule has 6 heteroatoms. The van der Waals surface area contributed by atoms with Crippen LogP contribution in [-0.4, -0.2) is 10.5 Å². The number of aromatic nitrogens is 1. The fourth-order valence-corrected chi connectivity index (χ4v) is 2.83. The average Bonchev–Trinajstić information content (AvgIpc) is 2.84. The van der Waals surface area contributed by atoms with Crippen LogP contribution in [0.15, 0.2) is 51.7 Å². The van der Waals surface area contributed by atoms with Crippen LogP contribution in [0, 0.1) is 0 Å². The quantitative estimate of drug-likeness (QED) is 0.777. The smallest absolute Gasteiger partial charge is 0.408 e. The topological polar surface area (TPSA) is 64.2 Å². The molecule has 0 saturated carbocycles. The Morgan fingerprint density at radius 2 is 2.00 bits per heavy atom. The van der Waals surface area contributed by atoms with Crippen molar-refractivity contribution in [1.82, 2.24) is 4.57 Å². The van der Waals surface area contributed by atoms with E-state index in [9.17, 15) is 9.59 Å².